The van der Waals surface area contributed by atoms with Crippen LogP contribution in [0, 0.1) is 0 Å². The van der Waals surface area contributed by atoms with Crippen LogP contribution >= 0.6 is 11.6 Å². The number of nitrogens with zero attached hydrogens (tertiary/aromatic N) is 1. The Morgan fingerprint density at radius 2 is 2.00 bits per heavy atom. The second kappa shape index (κ2) is 10.0. The molecule has 166 valence electrons. The molecule has 0 saturated carbocycles. The van der Waals surface area contributed by atoms with Gasteiger partial charge in [-0.2, -0.15) is 0 Å². The minimum atomic E-state index is -0.885. The van der Waals surface area contributed by atoms with Crippen LogP contribution in [0.1, 0.15) is 35.6 Å². The van der Waals surface area contributed by atoms with E-state index >= 15 is 0 Å². The molecule has 0 bridgehead atoms. The van der Waals surface area contributed by atoms with Crippen LogP contribution in [0.15, 0.2) is 66.9 Å². The van der Waals surface area contributed by atoms with Gasteiger partial charge in [0.1, 0.15) is 5.82 Å². The molecule has 0 spiro atoms. The highest BCUT2D eigenvalue weighted by molar-refractivity contribution is 6.31. The van der Waals surface area contributed by atoms with Crippen molar-refractivity contribution in [3.63, 3.8) is 0 Å². The van der Waals surface area contributed by atoms with Crippen molar-refractivity contribution in [2.45, 2.75) is 31.3 Å². The predicted octanol–water partition coefficient (Wildman–Crippen LogP) is 4.70. The number of rotatable bonds is 8. The van der Waals surface area contributed by atoms with E-state index in [4.69, 9.17) is 16.7 Å². The van der Waals surface area contributed by atoms with Gasteiger partial charge in [0.25, 0.3) is 0 Å². The van der Waals surface area contributed by atoms with Gasteiger partial charge < -0.3 is 21.1 Å². The molecule has 2 heterocycles. The van der Waals surface area contributed by atoms with Crippen molar-refractivity contribution in [3.8, 4) is 0 Å². The second-order valence-electron chi connectivity index (χ2n) is 8.15. The molecule has 4 N–H and O–H groups in total. The number of aliphatic carboxylic acids is 1. The van der Waals surface area contributed by atoms with Crippen LogP contribution in [-0.2, 0) is 11.2 Å². The minimum absolute atomic E-state index is 0.0621. The summed E-state index contributed by atoms with van der Waals surface area (Å²) in [5, 5.41) is 20.4. The Kier molecular flexibility index (Phi) is 6.93. The molecule has 1 aromatic heterocycles. The maximum Gasteiger partial charge on any atom is 0.307 e. The molecule has 6 nitrogen and oxygen atoms in total. The Morgan fingerprint density at radius 1 is 1.19 bits per heavy atom. The molecule has 0 unspecified atom stereocenters. The summed E-state index contributed by atoms with van der Waals surface area (Å²) < 4.78 is 0. The summed E-state index contributed by atoms with van der Waals surface area (Å²) in [6, 6.07) is 20.2. The lowest BCUT2D eigenvalue weighted by Gasteiger charge is -2.35. The summed E-state index contributed by atoms with van der Waals surface area (Å²) in [6.45, 7) is 3.62. The van der Waals surface area contributed by atoms with Gasteiger partial charge in [0.2, 0.25) is 0 Å². The normalized spacial score (nSPS) is 16.9. The molecule has 3 atom stereocenters. The molecule has 0 aliphatic carbocycles. The average molecular weight is 451 g/mol. The van der Waals surface area contributed by atoms with Crippen LogP contribution in [0.2, 0.25) is 5.02 Å². The number of aromatic nitrogens is 1. The van der Waals surface area contributed by atoms with Crippen LogP contribution in [0.3, 0.4) is 0 Å². The molecular weight excluding hydrogens is 424 g/mol. The van der Waals surface area contributed by atoms with Crippen molar-refractivity contribution >= 4 is 29.1 Å². The van der Waals surface area contributed by atoms with Crippen LogP contribution in [0.25, 0.3) is 0 Å². The minimum Gasteiger partial charge on any atom is -0.481 e. The van der Waals surface area contributed by atoms with Crippen molar-refractivity contribution in [1.82, 2.24) is 10.3 Å². The number of pyridine rings is 1. The van der Waals surface area contributed by atoms with Crippen molar-refractivity contribution in [2.24, 2.45) is 0 Å². The van der Waals surface area contributed by atoms with Crippen molar-refractivity contribution in [1.29, 1.82) is 0 Å². The van der Waals surface area contributed by atoms with Gasteiger partial charge in [-0.15, -0.1) is 0 Å². The lowest BCUT2D eigenvalue weighted by molar-refractivity contribution is -0.136. The Bertz CT molecular complexity index is 1080. The zero-order valence-corrected chi connectivity index (χ0v) is 18.6. The molecule has 1 aliphatic heterocycles. The van der Waals surface area contributed by atoms with Crippen LogP contribution < -0.4 is 16.0 Å². The van der Waals surface area contributed by atoms with Crippen molar-refractivity contribution in [3.05, 3.63) is 88.6 Å². The van der Waals surface area contributed by atoms with Gasteiger partial charge >= 0.3 is 5.97 Å². The highest BCUT2D eigenvalue weighted by Crippen LogP contribution is 2.29. The zero-order valence-electron chi connectivity index (χ0n) is 17.9. The molecule has 3 aromatic rings. The quantitative estimate of drug-likeness (QED) is 0.398. The maximum absolute atomic E-state index is 11.1. The summed E-state index contributed by atoms with van der Waals surface area (Å²) >= 11 is 6.20. The van der Waals surface area contributed by atoms with E-state index in [0.717, 1.165) is 30.2 Å². The monoisotopic (exact) mass is 450 g/mol. The fourth-order valence-electron chi connectivity index (χ4n) is 4.08. The van der Waals surface area contributed by atoms with Crippen LogP contribution in [-0.4, -0.2) is 35.2 Å². The van der Waals surface area contributed by atoms with E-state index in [-0.39, 0.29) is 24.4 Å². The molecule has 7 heteroatoms. The third-order valence-electron chi connectivity index (χ3n) is 5.83. The Labute approximate surface area is 193 Å². The van der Waals surface area contributed by atoms with Crippen molar-refractivity contribution < 1.29 is 9.90 Å². The van der Waals surface area contributed by atoms with E-state index in [2.05, 4.69) is 40.0 Å². The predicted molar refractivity (Wildman–Crippen MR) is 129 cm³/mol. The molecule has 0 radical (unpaired) electrons. The van der Waals surface area contributed by atoms with Gasteiger partial charge in [-0.25, -0.2) is 4.98 Å². The molecule has 0 fully saturated rings. The first-order chi connectivity index (χ1) is 15.5. The number of anilines is 2. The lowest BCUT2D eigenvalue weighted by atomic mass is 9.94. The highest BCUT2D eigenvalue weighted by Gasteiger charge is 2.27. The number of halogens is 1. The number of hydrogen-bond donors (Lipinski definition) is 4. The molecule has 1 aliphatic rings. The van der Waals surface area contributed by atoms with E-state index in [9.17, 15) is 4.79 Å². The zero-order chi connectivity index (χ0) is 22.5. The number of benzene rings is 2. The van der Waals surface area contributed by atoms with Crippen molar-refractivity contribution in [2.75, 3.05) is 23.7 Å². The first-order valence-corrected chi connectivity index (χ1v) is 11.1. The SMILES string of the molecule is C[C@H](CN[C@H](c1ccccc1)[C@H]1CNc2cccnc2N1)c1ccc(Cl)c(CC(=O)O)c1. The fourth-order valence-corrected chi connectivity index (χ4v) is 4.27. The summed E-state index contributed by atoms with van der Waals surface area (Å²) in [7, 11) is 0. The first kappa shape index (κ1) is 22.1. The lowest BCUT2D eigenvalue weighted by Crippen LogP contribution is -2.45. The summed E-state index contributed by atoms with van der Waals surface area (Å²) in [4.78, 5) is 15.6. The summed E-state index contributed by atoms with van der Waals surface area (Å²) in [6.07, 6.45) is 1.71. The Balaban J connectivity index is 1.51. The standard InChI is InChI=1S/C25H27ClN4O2/c1-16(18-9-10-20(26)19(12-18)13-23(31)32)14-29-24(17-6-3-2-4-7-17)22-15-28-21-8-5-11-27-25(21)30-22/h2-12,16,22,24,28-29H,13-15H2,1H3,(H,27,30)(H,31,32)/t16-,22-,24-/m1/s1. The Hall–Kier alpha value is -3.09. The molecule has 0 amide bonds. The third-order valence-corrected chi connectivity index (χ3v) is 6.20. The van der Waals surface area contributed by atoms with E-state index < -0.39 is 5.97 Å². The second-order valence-corrected chi connectivity index (χ2v) is 8.56. The molecule has 2 aromatic carbocycles. The number of carbonyl (C=O) groups is 1. The molecular formula is C25H27ClN4O2. The Morgan fingerprint density at radius 3 is 2.78 bits per heavy atom. The number of carboxylic acids is 1. The number of fused-ring (bicyclic) bond motifs is 1. The van der Waals surface area contributed by atoms with Gasteiger partial charge in [-0.05, 0) is 40.8 Å². The smallest absolute Gasteiger partial charge is 0.307 e. The van der Waals surface area contributed by atoms with Gasteiger partial charge in [-0.1, -0.05) is 61.0 Å². The van der Waals surface area contributed by atoms with E-state index in [1.54, 1.807) is 12.3 Å². The number of nitrogens with one attached hydrogen (secondary N) is 3. The largest absolute Gasteiger partial charge is 0.481 e. The maximum atomic E-state index is 11.1. The van der Waals surface area contributed by atoms with E-state index in [0.29, 0.717) is 10.6 Å². The van der Waals surface area contributed by atoms with E-state index in [1.165, 1.54) is 5.56 Å². The topological polar surface area (TPSA) is 86.3 Å². The molecule has 0 saturated heterocycles. The number of hydrogen-bond acceptors (Lipinski definition) is 5. The van der Waals surface area contributed by atoms with Gasteiger partial charge in [0.05, 0.1) is 24.2 Å². The summed E-state index contributed by atoms with van der Waals surface area (Å²) in [5.74, 6) is 0.146. The molecule has 32 heavy (non-hydrogen) atoms. The first-order valence-electron chi connectivity index (χ1n) is 10.7. The average Bonchev–Trinajstić information content (AvgIpc) is 2.81. The van der Waals surface area contributed by atoms with Crippen LogP contribution in [0.4, 0.5) is 11.5 Å². The van der Waals surface area contributed by atoms with Gasteiger partial charge in [-0.3, -0.25) is 4.79 Å². The molecule has 4 rings (SSSR count). The third kappa shape index (κ3) is 5.21. The van der Waals surface area contributed by atoms with Gasteiger partial charge in [0, 0.05) is 24.3 Å². The summed E-state index contributed by atoms with van der Waals surface area (Å²) in [5.41, 5.74) is 3.91. The fraction of sp³-hybridized carbons (Fsp3) is 0.280. The highest BCUT2D eigenvalue weighted by atomic mass is 35.5. The van der Waals surface area contributed by atoms with Gasteiger partial charge in [0.15, 0.2) is 0 Å². The van der Waals surface area contributed by atoms with E-state index in [1.807, 2.05) is 42.5 Å². The number of carboxylic acid groups (broad SMARTS) is 1. The van der Waals surface area contributed by atoms with Crippen LogP contribution in [0.5, 0.6) is 0 Å².